The van der Waals surface area contributed by atoms with Crippen molar-refractivity contribution >= 4 is 19.7 Å². The summed E-state index contributed by atoms with van der Waals surface area (Å²) in [5.74, 6) is -0.515. The van der Waals surface area contributed by atoms with Crippen molar-refractivity contribution in [3.8, 4) is 0 Å². The fourth-order valence-corrected chi connectivity index (χ4v) is 7.25. The number of esters is 1. The molecule has 10 heteroatoms. The van der Waals surface area contributed by atoms with E-state index in [0.717, 1.165) is 57.8 Å². The molecule has 0 spiro atoms. The van der Waals surface area contributed by atoms with Crippen molar-refractivity contribution in [3.63, 3.8) is 0 Å². The van der Waals surface area contributed by atoms with Crippen LogP contribution in [0.5, 0.6) is 0 Å². The van der Waals surface area contributed by atoms with Crippen molar-refractivity contribution in [1.29, 1.82) is 0 Å². The number of aliphatic hydroxyl groups is 1. The molecule has 0 aromatic heterocycles. The van der Waals surface area contributed by atoms with Crippen molar-refractivity contribution < 1.29 is 37.9 Å². The molecule has 9 nitrogen and oxygen atoms in total. The highest BCUT2D eigenvalue weighted by atomic mass is 31.2. The van der Waals surface area contributed by atoms with Gasteiger partial charge in [-0.05, 0) is 38.5 Å². The molecule has 0 saturated heterocycles. The van der Waals surface area contributed by atoms with E-state index in [9.17, 15) is 24.2 Å². The third-order valence-corrected chi connectivity index (χ3v) is 10.9. The van der Waals surface area contributed by atoms with Gasteiger partial charge < -0.3 is 20.1 Å². The highest BCUT2D eigenvalue weighted by Gasteiger charge is 2.23. The molecular weight excluding hydrogens is 701 g/mol. The number of ether oxygens (including phenoxy) is 1. The lowest BCUT2D eigenvalue weighted by molar-refractivity contribution is -0.147. The summed E-state index contributed by atoms with van der Waals surface area (Å²) < 4.78 is 26.9. The van der Waals surface area contributed by atoms with Gasteiger partial charge in [-0.25, -0.2) is 4.57 Å². The van der Waals surface area contributed by atoms with Crippen LogP contribution in [0.25, 0.3) is 0 Å². The van der Waals surface area contributed by atoms with Gasteiger partial charge in [-0.2, -0.15) is 0 Å². The molecule has 0 aliphatic heterocycles. The summed E-state index contributed by atoms with van der Waals surface area (Å²) in [4.78, 5) is 33.9. The molecule has 0 heterocycles. The lowest BCUT2D eigenvalue weighted by atomic mass is 10.0. The van der Waals surface area contributed by atoms with Crippen LogP contribution in [0.3, 0.4) is 0 Å². The van der Waals surface area contributed by atoms with Gasteiger partial charge in [0.2, 0.25) is 5.91 Å². The average molecular weight is 788 g/mol. The molecule has 0 aromatic rings. The summed E-state index contributed by atoms with van der Waals surface area (Å²) in [5.41, 5.74) is 0. The molecule has 0 aromatic carbocycles. The number of phosphoric acid groups is 1. The van der Waals surface area contributed by atoms with E-state index in [1.807, 2.05) is 0 Å². The number of nitrogens with one attached hydrogen (secondary N) is 1. The van der Waals surface area contributed by atoms with Gasteiger partial charge in [0.1, 0.15) is 12.7 Å². The Morgan fingerprint density at radius 1 is 0.556 bits per heavy atom. The van der Waals surface area contributed by atoms with E-state index in [0.29, 0.717) is 6.42 Å². The number of rotatable bonds is 43. The van der Waals surface area contributed by atoms with Gasteiger partial charge in [-0.1, -0.05) is 187 Å². The molecule has 0 radical (unpaired) electrons. The van der Waals surface area contributed by atoms with Crippen LogP contribution in [-0.2, 0) is 27.9 Å². The number of hydrogen-bond donors (Lipinski definition) is 3. The first-order valence-corrected chi connectivity index (χ1v) is 24.2. The topological polar surface area (TPSA) is 131 Å². The van der Waals surface area contributed by atoms with Crippen molar-refractivity contribution in [2.75, 3.05) is 26.4 Å². The second-order valence-corrected chi connectivity index (χ2v) is 16.8. The zero-order valence-corrected chi connectivity index (χ0v) is 36.1. The van der Waals surface area contributed by atoms with E-state index >= 15 is 0 Å². The maximum absolute atomic E-state index is 12.1. The Labute approximate surface area is 332 Å². The highest BCUT2D eigenvalue weighted by Crippen LogP contribution is 2.42. The van der Waals surface area contributed by atoms with Crippen molar-refractivity contribution in [2.45, 2.75) is 232 Å². The lowest BCUT2D eigenvalue weighted by Gasteiger charge is -2.15. The first-order valence-electron chi connectivity index (χ1n) is 22.7. The molecule has 1 amide bonds. The number of carbonyl (C=O) groups excluding carboxylic acids is 2. The normalized spacial score (nSPS) is 13.3. The van der Waals surface area contributed by atoms with Gasteiger partial charge in [-0.15, -0.1) is 0 Å². The van der Waals surface area contributed by atoms with Crippen LogP contribution in [0, 0.1) is 0 Å². The number of unbranched alkanes of at least 4 members (excludes halogenated alkanes) is 28. The van der Waals surface area contributed by atoms with E-state index in [2.05, 4.69) is 31.3 Å². The number of carbonyl (C=O) groups is 2. The smallest absolute Gasteiger partial charge is 0.463 e. The van der Waals surface area contributed by atoms with Crippen LogP contribution in [-0.4, -0.2) is 54.3 Å². The molecule has 2 atom stereocenters. The van der Waals surface area contributed by atoms with Crippen LogP contribution in [0.1, 0.15) is 226 Å². The van der Waals surface area contributed by atoms with Gasteiger partial charge in [0.25, 0.3) is 0 Å². The number of allylic oxidation sites excluding steroid dienone is 2. The minimum absolute atomic E-state index is 0.0856. The molecule has 3 N–H and O–H groups in total. The summed E-state index contributed by atoms with van der Waals surface area (Å²) in [6.45, 7) is 3.58. The SMILES string of the molecule is CCCCCCCCC/C=C\CCCCCCCC(=O)OCC(O)COP(=O)(O)OCCNC(=O)CCCCCCCCCCCCCCCCCCC. The number of amides is 1. The number of aliphatic hydroxyl groups excluding tert-OH is 1. The molecule has 0 saturated carbocycles. The van der Waals surface area contributed by atoms with Gasteiger partial charge >= 0.3 is 13.8 Å². The Morgan fingerprint density at radius 3 is 1.39 bits per heavy atom. The molecule has 2 unspecified atom stereocenters. The number of phosphoric ester groups is 1. The Morgan fingerprint density at radius 2 is 0.944 bits per heavy atom. The molecule has 0 bridgehead atoms. The largest absolute Gasteiger partial charge is 0.472 e. The Hall–Kier alpha value is -1.25. The summed E-state index contributed by atoms with van der Waals surface area (Å²) in [6.07, 6.45) is 42.8. The zero-order chi connectivity index (χ0) is 39.6. The van der Waals surface area contributed by atoms with Gasteiger partial charge in [-0.3, -0.25) is 18.6 Å². The summed E-state index contributed by atoms with van der Waals surface area (Å²) in [6, 6.07) is 0. The van der Waals surface area contributed by atoms with E-state index in [-0.39, 0.29) is 32.1 Å². The fraction of sp³-hybridized carbons (Fsp3) is 0.909. The van der Waals surface area contributed by atoms with Crippen LogP contribution in [0.4, 0.5) is 0 Å². The van der Waals surface area contributed by atoms with Crippen molar-refractivity contribution in [3.05, 3.63) is 12.2 Å². The summed E-state index contributed by atoms with van der Waals surface area (Å²) >= 11 is 0. The van der Waals surface area contributed by atoms with E-state index < -0.39 is 26.5 Å². The third-order valence-electron chi connectivity index (χ3n) is 9.95. The summed E-state index contributed by atoms with van der Waals surface area (Å²) in [7, 11) is -4.41. The van der Waals surface area contributed by atoms with E-state index in [4.69, 9.17) is 13.8 Å². The number of hydrogen-bond acceptors (Lipinski definition) is 7. The Kier molecular flexibility index (Phi) is 40.4. The van der Waals surface area contributed by atoms with Crippen LogP contribution in [0.15, 0.2) is 12.2 Å². The predicted molar refractivity (Wildman–Crippen MR) is 225 cm³/mol. The van der Waals surface area contributed by atoms with Gasteiger partial charge in [0.05, 0.1) is 13.2 Å². The second-order valence-electron chi connectivity index (χ2n) is 15.4. The molecule has 0 fully saturated rings. The quantitative estimate of drug-likeness (QED) is 0.0241. The monoisotopic (exact) mass is 788 g/mol. The third kappa shape index (κ3) is 41.9. The zero-order valence-electron chi connectivity index (χ0n) is 35.2. The van der Waals surface area contributed by atoms with Crippen molar-refractivity contribution in [2.24, 2.45) is 0 Å². The first kappa shape index (κ1) is 52.8. The highest BCUT2D eigenvalue weighted by molar-refractivity contribution is 7.47. The molecule has 320 valence electrons. The summed E-state index contributed by atoms with van der Waals surface area (Å²) in [5, 5.41) is 12.7. The fourth-order valence-electron chi connectivity index (χ4n) is 6.49. The lowest BCUT2D eigenvalue weighted by Crippen LogP contribution is -2.27. The minimum atomic E-state index is -4.41. The Balaban J connectivity index is 3.57. The molecule has 0 rings (SSSR count). The molecule has 54 heavy (non-hydrogen) atoms. The maximum Gasteiger partial charge on any atom is 0.472 e. The van der Waals surface area contributed by atoms with E-state index in [1.165, 1.54) is 141 Å². The van der Waals surface area contributed by atoms with Crippen molar-refractivity contribution in [1.82, 2.24) is 5.32 Å². The van der Waals surface area contributed by atoms with E-state index in [1.54, 1.807) is 0 Å². The van der Waals surface area contributed by atoms with Crippen LogP contribution < -0.4 is 5.32 Å². The van der Waals surface area contributed by atoms with Gasteiger partial charge in [0, 0.05) is 19.4 Å². The average Bonchev–Trinajstić information content (AvgIpc) is 3.16. The molecular formula is C44H86NO8P. The van der Waals surface area contributed by atoms with Gasteiger partial charge in [0.15, 0.2) is 0 Å². The molecule has 0 aliphatic carbocycles. The minimum Gasteiger partial charge on any atom is -0.463 e. The predicted octanol–water partition coefficient (Wildman–Crippen LogP) is 12.6. The molecule has 0 aliphatic rings. The first-order chi connectivity index (χ1) is 26.3. The van der Waals surface area contributed by atoms with Crippen LogP contribution in [0.2, 0.25) is 0 Å². The standard InChI is InChI=1S/C44H86NO8P/c1-3-5-7-9-11-13-15-17-19-21-22-24-26-28-30-32-34-36-43(47)45-38-39-52-54(49,50)53-41-42(46)40-51-44(48)37-35-33-31-29-27-25-23-20-18-16-14-12-10-8-6-4-2/h20,23,42,46H,3-19,21-22,24-41H2,1-2H3,(H,45,47)(H,49,50)/b23-20-. The Bertz CT molecular complexity index is 902. The maximum atomic E-state index is 12.1. The van der Waals surface area contributed by atoms with Crippen LogP contribution >= 0.6 is 7.82 Å². The second kappa shape index (κ2) is 41.4.